The van der Waals surface area contributed by atoms with Gasteiger partial charge in [0.05, 0.1) is 0 Å². The lowest BCUT2D eigenvalue weighted by atomic mass is 10.0. The molecule has 2 aromatic rings. The van der Waals surface area contributed by atoms with Crippen LogP contribution in [0.4, 0.5) is 4.79 Å². The van der Waals surface area contributed by atoms with Gasteiger partial charge in [0.2, 0.25) is 11.8 Å². The molecule has 0 bridgehead atoms. The van der Waals surface area contributed by atoms with E-state index >= 15 is 0 Å². The summed E-state index contributed by atoms with van der Waals surface area (Å²) in [6.45, 7) is 5.11. The molecule has 3 atom stereocenters. The van der Waals surface area contributed by atoms with Gasteiger partial charge in [0.25, 0.3) is 0 Å². The van der Waals surface area contributed by atoms with Crippen molar-refractivity contribution in [1.82, 2.24) is 16.0 Å². The minimum absolute atomic E-state index is 0.0886. The second-order valence-corrected chi connectivity index (χ2v) is 9.45. The molecule has 196 valence electrons. The molecule has 0 heterocycles. The number of carboxylic acids is 1. The largest absolute Gasteiger partial charge is 0.480 e. The molecular formula is C28H33N3O6. The lowest BCUT2D eigenvalue weighted by Crippen LogP contribution is -2.57. The van der Waals surface area contributed by atoms with E-state index in [0.29, 0.717) is 0 Å². The molecule has 0 fully saturated rings. The highest BCUT2D eigenvalue weighted by atomic mass is 16.6. The van der Waals surface area contributed by atoms with Crippen molar-refractivity contribution in [2.24, 2.45) is 0 Å². The molecule has 37 heavy (non-hydrogen) atoms. The number of terminal acetylenes is 1. The summed E-state index contributed by atoms with van der Waals surface area (Å²) in [5.74, 6) is -0.405. The van der Waals surface area contributed by atoms with Crippen molar-refractivity contribution < 1.29 is 29.0 Å². The first-order valence-corrected chi connectivity index (χ1v) is 11.8. The number of aliphatic carboxylic acids is 1. The van der Waals surface area contributed by atoms with Crippen molar-refractivity contribution in [3.63, 3.8) is 0 Å². The highest BCUT2D eigenvalue weighted by Crippen LogP contribution is 2.10. The van der Waals surface area contributed by atoms with Gasteiger partial charge >= 0.3 is 12.1 Å². The van der Waals surface area contributed by atoms with E-state index in [1.807, 2.05) is 24.3 Å². The Bertz CT molecular complexity index is 1110. The van der Waals surface area contributed by atoms with Crippen LogP contribution < -0.4 is 16.0 Å². The zero-order valence-electron chi connectivity index (χ0n) is 21.2. The molecule has 0 saturated carbocycles. The van der Waals surface area contributed by atoms with Gasteiger partial charge in [-0.3, -0.25) is 9.59 Å². The normalized spacial score (nSPS) is 13.2. The van der Waals surface area contributed by atoms with E-state index in [-0.39, 0.29) is 19.3 Å². The van der Waals surface area contributed by atoms with Gasteiger partial charge in [-0.1, -0.05) is 60.7 Å². The van der Waals surface area contributed by atoms with Crippen LogP contribution in [0.25, 0.3) is 0 Å². The lowest BCUT2D eigenvalue weighted by molar-refractivity contribution is -0.142. The van der Waals surface area contributed by atoms with Gasteiger partial charge in [-0.15, -0.1) is 12.3 Å². The number of benzene rings is 2. The molecule has 9 nitrogen and oxygen atoms in total. The van der Waals surface area contributed by atoms with Crippen LogP contribution in [0.3, 0.4) is 0 Å². The van der Waals surface area contributed by atoms with Crippen molar-refractivity contribution in [3.8, 4) is 12.3 Å². The van der Waals surface area contributed by atoms with Crippen molar-refractivity contribution in [2.45, 2.75) is 63.8 Å². The molecule has 0 aliphatic heterocycles. The molecule has 0 saturated heterocycles. The first kappa shape index (κ1) is 28.9. The number of amides is 3. The molecular weight excluding hydrogens is 474 g/mol. The van der Waals surface area contributed by atoms with E-state index in [1.54, 1.807) is 57.2 Å². The number of rotatable bonds is 11. The van der Waals surface area contributed by atoms with Crippen molar-refractivity contribution in [1.29, 1.82) is 0 Å². The third-order valence-corrected chi connectivity index (χ3v) is 5.14. The van der Waals surface area contributed by atoms with Gasteiger partial charge in [-0.05, 0) is 31.9 Å². The molecule has 3 unspecified atom stereocenters. The van der Waals surface area contributed by atoms with Gasteiger partial charge in [0, 0.05) is 19.3 Å². The molecule has 3 amide bonds. The molecule has 0 aliphatic carbocycles. The second kappa shape index (κ2) is 13.7. The summed E-state index contributed by atoms with van der Waals surface area (Å²) in [6, 6.07) is 14.5. The quantitative estimate of drug-likeness (QED) is 0.345. The Labute approximate surface area is 217 Å². The summed E-state index contributed by atoms with van der Waals surface area (Å²) in [6.07, 6.45) is 4.46. The number of ether oxygens (including phenoxy) is 1. The average molecular weight is 508 g/mol. The Balaban J connectivity index is 2.28. The minimum Gasteiger partial charge on any atom is -0.480 e. The fraction of sp³-hybridized carbons (Fsp3) is 0.357. The molecule has 9 heteroatoms. The van der Waals surface area contributed by atoms with E-state index in [9.17, 15) is 24.3 Å². The van der Waals surface area contributed by atoms with Gasteiger partial charge < -0.3 is 25.8 Å². The first-order chi connectivity index (χ1) is 17.5. The van der Waals surface area contributed by atoms with E-state index < -0.39 is 47.6 Å². The van der Waals surface area contributed by atoms with Crippen LogP contribution in [0.15, 0.2) is 60.7 Å². The Hall–Kier alpha value is -4.32. The van der Waals surface area contributed by atoms with Crippen LogP contribution >= 0.6 is 0 Å². The molecule has 0 aliphatic rings. The van der Waals surface area contributed by atoms with E-state index in [0.717, 1.165) is 11.1 Å². The zero-order chi connectivity index (χ0) is 27.4. The van der Waals surface area contributed by atoms with E-state index in [4.69, 9.17) is 11.2 Å². The van der Waals surface area contributed by atoms with Crippen molar-refractivity contribution in [2.75, 3.05) is 0 Å². The standard InChI is InChI=1S/C28H33N3O6/c1-5-12-21(26(34)35)29-24(32)22(17-19-13-8-6-9-14-19)30-25(33)23(18-20-15-10-7-11-16-20)31-27(36)37-28(2,3)4/h1,6-11,13-16,21-23H,12,17-18H2,2-4H3,(H,29,32)(H,30,33)(H,31,36)(H,34,35). The topological polar surface area (TPSA) is 134 Å². The highest BCUT2D eigenvalue weighted by molar-refractivity contribution is 5.93. The maximum absolute atomic E-state index is 13.4. The smallest absolute Gasteiger partial charge is 0.408 e. The van der Waals surface area contributed by atoms with Crippen LogP contribution in [0.2, 0.25) is 0 Å². The molecule has 2 rings (SSSR count). The summed E-state index contributed by atoms with van der Waals surface area (Å²) in [7, 11) is 0. The minimum atomic E-state index is -1.31. The average Bonchev–Trinajstić information content (AvgIpc) is 2.83. The predicted molar refractivity (Wildman–Crippen MR) is 138 cm³/mol. The van der Waals surface area contributed by atoms with Gasteiger partial charge in [-0.2, -0.15) is 0 Å². The third kappa shape index (κ3) is 10.4. The van der Waals surface area contributed by atoms with Crippen LogP contribution in [-0.4, -0.2) is 52.7 Å². The lowest BCUT2D eigenvalue weighted by Gasteiger charge is -2.26. The summed E-state index contributed by atoms with van der Waals surface area (Å²) in [5.41, 5.74) is 0.741. The number of carbonyl (C=O) groups excluding carboxylic acids is 3. The van der Waals surface area contributed by atoms with Gasteiger partial charge in [0.1, 0.15) is 23.7 Å². The number of alkyl carbamates (subject to hydrolysis) is 1. The molecule has 0 radical (unpaired) electrons. The number of carboxylic acid groups (broad SMARTS) is 1. The summed E-state index contributed by atoms with van der Waals surface area (Å²) in [4.78, 5) is 50.5. The van der Waals surface area contributed by atoms with Crippen LogP contribution in [0, 0.1) is 12.3 Å². The van der Waals surface area contributed by atoms with E-state index in [2.05, 4.69) is 21.9 Å². The second-order valence-electron chi connectivity index (χ2n) is 9.45. The van der Waals surface area contributed by atoms with Crippen molar-refractivity contribution >= 4 is 23.9 Å². The van der Waals surface area contributed by atoms with Gasteiger partial charge in [0.15, 0.2) is 0 Å². The highest BCUT2D eigenvalue weighted by Gasteiger charge is 2.30. The zero-order valence-corrected chi connectivity index (χ0v) is 21.2. The van der Waals surface area contributed by atoms with E-state index in [1.165, 1.54) is 0 Å². The Morgan fingerprint density at radius 1 is 0.811 bits per heavy atom. The number of hydrogen-bond donors (Lipinski definition) is 4. The molecule has 0 aromatic heterocycles. The molecule has 0 spiro atoms. The van der Waals surface area contributed by atoms with Crippen molar-refractivity contribution in [3.05, 3.63) is 71.8 Å². The third-order valence-electron chi connectivity index (χ3n) is 5.14. The Morgan fingerprint density at radius 3 is 1.65 bits per heavy atom. The summed E-state index contributed by atoms with van der Waals surface area (Å²) in [5, 5.41) is 17.0. The summed E-state index contributed by atoms with van der Waals surface area (Å²) >= 11 is 0. The number of nitrogens with one attached hydrogen (secondary N) is 3. The molecule has 2 aromatic carbocycles. The molecule has 4 N–H and O–H groups in total. The van der Waals surface area contributed by atoms with Crippen LogP contribution in [0.5, 0.6) is 0 Å². The Morgan fingerprint density at radius 2 is 1.24 bits per heavy atom. The number of carbonyl (C=O) groups is 4. The SMILES string of the molecule is C#CCC(NC(=O)C(Cc1ccccc1)NC(=O)C(Cc1ccccc1)NC(=O)OC(C)(C)C)C(=O)O. The number of hydrogen-bond acceptors (Lipinski definition) is 5. The predicted octanol–water partition coefficient (Wildman–Crippen LogP) is 2.44. The fourth-order valence-electron chi connectivity index (χ4n) is 3.43. The monoisotopic (exact) mass is 507 g/mol. The van der Waals surface area contributed by atoms with Crippen LogP contribution in [0.1, 0.15) is 38.3 Å². The fourth-order valence-corrected chi connectivity index (χ4v) is 3.43. The Kier molecular flexibility index (Phi) is 10.7. The van der Waals surface area contributed by atoms with Crippen LogP contribution in [-0.2, 0) is 32.0 Å². The first-order valence-electron chi connectivity index (χ1n) is 11.8. The maximum Gasteiger partial charge on any atom is 0.408 e. The maximum atomic E-state index is 13.4. The summed E-state index contributed by atoms with van der Waals surface area (Å²) < 4.78 is 5.32. The van der Waals surface area contributed by atoms with Gasteiger partial charge in [-0.25, -0.2) is 9.59 Å².